The van der Waals surface area contributed by atoms with Gasteiger partial charge in [0.1, 0.15) is 5.75 Å². The third kappa shape index (κ3) is 4.38. The highest BCUT2D eigenvalue weighted by Gasteiger charge is 2.24. The Morgan fingerprint density at radius 2 is 2.00 bits per heavy atom. The van der Waals surface area contributed by atoms with Gasteiger partial charge in [0.2, 0.25) is 0 Å². The van der Waals surface area contributed by atoms with Crippen molar-refractivity contribution < 1.29 is 14.2 Å². The minimum atomic E-state index is 0.573. The molecule has 1 aromatic carbocycles. The van der Waals surface area contributed by atoms with Crippen molar-refractivity contribution in [1.82, 2.24) is 14.7 Å². The van der Waals surface area contributed by atoms with Gasteiger partial charge in [0.15, 0.2) is 11.5 Å². The van der Waals surface area contributed by atoms with E-state index in [9.17, 15) is 0 Å². The first-order chi connectivity index (χ1) is 13.3. The summed E-state index contributed by atoms with van der Waals surface area (Å²) in [4.78, 5) is 2.59. The maximum Gasteiger partial charge on any atom is 0.164 e. The predicted octanol–water partition coefficient (Wildman–Crippen LogP) is 3.50. The van der Waals surface area contributed by atoms with Gasteiger partial charge in [-0.05, 0) is 37.9 Å². The van der Waals surface area contributed by atoms with Crippen LogP contribution in [0.25, 0.3) is 0 Å². The highest BCUT2D eigenvalue weighted by molar-refractivity contribution is 5.51. The van der Waals surface area contributed by atoms with Gasteiger partial charge in [-0.3, -0.25) is 9.58 Å². The zero-order valence-corrected chi connectivity index (χ0v) is 16.1. The Kier molecular flexibility index (Phi) is 5.82. The second kappa shape index (κ2) is 8.65. The number of fused-ring (bicyclic) bond motifs is 1. The predicted molar refractivity (Wildman–Crippen MR) is 103 cm³/mol. The van der Waals surface area contributed by atoms with Crippen LogP contribution in [0.1, 0.15) is 37.7 Å². The first kappa shape index (κ1) is 18.2. The van der Waals surface area contributed by atoms with E-state index in [4.69, 9.17) is 14.2 Å². The Bertz CT molecular complexity index is 733. The van der Waals surface area contributed by atoms with Crippen molar-refractivity contribution in [2.75, 3.05) is 26.9 Å². The van der Waals surface area contributed by atoms with Gasteiger partial charge in [-0.25, -0.2) is 0 Å². The summed E-state index contributed by atoms with van der Waals surface area (Å²) in [5, 5.41) is 4.34. The second-order valence-electron chi connectivity index (χ2n) is 7.34. The summed E-state index contributed by atoms with van der Waals surface area (Å²) in [5.74, 6) is 2.52. The molecule has 0 saturated carbocycles. The lowest BCUT2D eigenvalue weighted by molar-refractivity contribution is 0.126. The van der Waals surface area contributed by atoms with Crippen molar-refractivity contribution in [3.63, 3.8) is 0 Å². The third-order valence-corrected chi connectivity index (χ3v) is 5.52. The fourth-order valence-corrected chi connectivity index (χ4v) is 4.07. The van der Waals surface area contributed by atoms with Gasteiger partial charge >= 0.3 is 0 Å². The number of piperidine rings is 1. The monoisotopic (exact) mass is 371 g/mol. The Labute approximate surface area is 161 Å². The van der Waals surface area contributed by atoms with E-state index in [-0.39, 0.29) is 0 Å². The van der Waals surface area contributed by atoms with Crippen LogP contribution >= 0.6 is 0 Å². The van der Waals surface area contributed by atoms with Crippen molar-refractivity contribution in [1.29, 1.82) is 0 Å². The van der Waals surface area contributed by atoms with E-state index in [0.717, 1.165) is 49.7 Å². The molecule has 27 heavy (non-hydrogen) atoms. The van der Waals surface area contributed by atoms with Crippen molar-refractivity contribution >= 4 is 0 Å². The number of likely N-dealkylation sites (tertiary alicyclic amines) is 1. The van der Waals surface area contributed by atoms with Gasteiger partial charge < -0.3 is 14.2 Å². The molecule has 6 heteroatoms. The molecule has 6 nitrogen and oxygen atoms in total. The maximum atomic E-state index is 5.89. The average molecular weight is 371 g/mol. The summed E-state index contributed by atoms with van der Waals surface area (Å²) in [7, 11) is 1.73. The van der Waals surface area contributed by atoms with E-state index in [1.807, 2.05) is 29.2 Å². The van der Waals surface area contributed by atoms with Crippen LogP contribution in [0.4, 0.5) is 0 Å². The molecule has 0 spiro atoms. The van der Waals surface area contributed by atoms with Crippen molar-refractivity contribution in [3.8, 4) is 17.2 Å². The van der Waals surface area contributed by atoms with Gasteiger partial charge in [-0.2, -0.15) is 5.10 Å². The average Bonchev–Trinajstić information content (AvgIpc) is 3.11. The Morgan fingerprint density at radius 1 is 1.15 bits per heavy atom. The Morgan fingerprint density at radius 3 is 2.78 bits per heavy atom. The number of ether oxygens (including phenoxy) is 3. The number of methoxy groups -OCH3 is 1. The molecular formula is C21H29N3O3. The quantitative estimate of drug-likeness (QED) is 0.778. The fourth-order valence-electron chi connectivity index (χ4n) is 4.07. The maximum absolute atomic E-state index is 5.89. The SMILES string of the molecule is COc1cc2c(cc1CN1CCCCC1CCn1cccn1)OCCCO2. The standard InChI is InChI=1S/C21H29N3O3/c1-25-19-15-21-20(26-12-5-13-27-21)14-17(19)16-23-9-3-2-6-18(23)7-11-24-10-4-8-22-24/h4,8,10,14-15,18H,2-3,5-7,9,11-13,16H2,1H3. The number of aryl methyl sites for hydroxylation is 1. The lowest BCUT2D eigenvalue weighted by Gasteiger charge is -2.36. The van der Waals surface area contributed by atoms with E-state index in [1.165, 1.54) is 24.8 Å². The van der Waals surface area contributed by atoms with Gasteiger partial charge in [-0.15, -0.1) is 0 Å². The number of aromatic nitrogens is 2. The van der Waals surface area contributed by atoms with Crippen molar-refractivity contribution in [2.45, 2.75) is 51.2 Å². The summed E-state index contributed by atoms with van der Waals surface area (Å²) in [6.45, 7) is 4.36. The van der Waals surface area contributed by atoms with Crippen molar-refractivity contribution in [3.05, 3.63) is 36.2 Å². The molecule has 0 radical (unpaired) electrons. The number of rotatable bonds is 6. The molecule has 1 fully saturated rings. The van der Waals surface area contributed by atoms with Crippen LogP contribution in [0.2, 0.25) is 0 Å². The van der Waals surface area contributed by atoms with Crippen LogP contribution in [0.5, 0.6) is 17.2 Å². The normalized spacial score (nSPS) is 20.3. The molecule has 1 saturated heterocycles. The molecule has 4 rings (SSSR count). The molecule has 0 bridgehead atoms. The summed E-state index contributed by atoms with van der Waals surface area (Å²) < 4.78 is 19.4. The summed E-state index contributed by atoms with van der Waals surface area (Å²) in [5.41, 5.74) is 1.17. The number of hydrogen-bond acceptors (Lipinski definition) is 5. The minimum Gasteiger partial charge on any atom is -0.496 e. The van der Waals surface area contributed by atoms with Crippen LogP contribution in [0, 0.1) is 0 Å². The van der Waals surface area contributed by atoms with E-state index in [0.29, 0.717) is 19.3 Å². The van der Waals surface area contributed by atoms with Crippen LogP contribution in [0.15, 0.2) is 30.6 Å². The molecule has 2 aliphatic heterocycles. The molecule has 146 valence electrons. The summed E-state index contributed by atoms with van der Waals surface area (Å²) in [6.07, 6.45) is 9.72. The van der Waals surface area contributed by atoms with Crippen LogP contribution in [0.3, 0.4) is 0 Å². The topological polar surface area (TPSA) is 48.8 Å². The number of benzene rings is 1. The van der Waals surface area contributed by atoms with E-state index < -0.39 is 0 Å². The first-order valence-electron chi connectivity index (χ1n) is 10.0. The zero-order chi connectivity index (χ0) is 18.5. The highest BCUT2D eigenvalue weighted by Crippen LogP contribution is 2.37. The lowest BCUT2D eigenvalue weighted by Crippen LogP contribution is -2.39. The number of hydrogen-bond donors (Lipinski definition) is 0. The molecule has 0 amide bonds. The first-order valence-corrected chi connectivity index (χ1v) is 10.0. The zero-order valence-electron chi connectivity index (χ0n) is 16.1. The van der Waals surface area contributed by atoms with Gasteiger partial charge in [0.25, 0.3) is 0 Å². The molecule has 1 unspecified atom stereocenters. The molecule has 2 aromatic rings. The lowest BCUT2D eigenvalue weighted by atomic mass is 9.98. The number of nitrogens with zero attached hydrogens (tertiary/aromatic N) is 3. The largest absolute Gasteiger partial charge is 0.496 e. The smallest absolute Gasteiger partial charge is 0.164 e. The second-order valence-corrected chi connectivity index (χ2v) is 7.34. The Balaban J connectivity index is 1.49. The van der Waals surface area contributed by atoms with E-state index in [2.05, 4.69) is 16.1 Å². The Hall–Kier alpha value is -2.21. The van der Waals surface area contributed by atoms with Crippen LogP contribution < -0.4 is 14.2 Å². The van der Waals surface area contributed by atoms with Gasteiger partial charge in [-0.1, -0.05) is 6.42 Å². The van der Waals surface area contributed by atoms with E-state index >= 15 is 0 Å². The molecule has 0 N–H and O–H groups in total. The molecule has 2 aliphatic rings. The molecular weight excluding hydrogens is 342 g/mol. The van der Waals surface area contributed by atoms with Crippen LogP contribution in [-0.2, 0) is 13.1 Å². The highest BCUT2D eigenvalue weighted by atomic mass is 16.5. The molecule has 0 aliphatic carbocycles. The minimum absolute atomic E-state index is 0.573. The molecule has 1 atom stereocenters. The fraction of sp³-hybridized carbons (Fsp3) is 0.571. The van der Waals surface area contributed by atoms with Gasteiger partial charge in [0, 0.05) is 49.6 Å². The van der Waals surface area contributed by atoms with Crippen molar-refractivity contribution in [2.24, 2.45) is 0 Å². The molecule has 1 aromatic heterocycles. The summed E-state index contributed by atoms with van der Waals surface area (Å²) in [6, 6.07) is 6.65. The van der Waals surface area contributed by atoms with Gasteiger partial charge in [0.05, 0.1) is 20.3 Å². The third-order valence-electron chi connectivity index (χ3n) is 5.52. The summed E-state index contributed by atoms with van der Waals surface area (Å²) >= 11 is 0. The van der Waals surface area contributed by atoms with E-state index in [1.54, 1.807) is 7.11 Å². The van der Waals surface area contributed by atoms with Crippen LogP contribution in [-0.4, -0.2) is 47.6 Å². The molecule has 3 heterocycles.